The molecule has 1 aromatic heterocycles. The molecule has 24 heavy (non-hydrogen) atoms. The van der Waals surface area contributed by atoms with Crippen molar-refractivity contribution >= 4 is 39.0 Å². The Balaban J connectivity index is 1.80. The number of benzene rings is 1. The number of esters is 1. The molecule has 1 fully saturated rings. The van der Waals surface area contributed by atoms with Gasteiger partial charge in [-0.1, -0.05) is 31.0 Å². The highest BCUT2D eigenvalue weighted by atomic mass is 32.1. The van der Waals surface area contributed by atoms with E-state index in [1.807, 2.05) is 24.3 Å². The van der Waals surface area contributed by atoms with Gasteiger partial charge in [0, 0.05) is 10.1 Å². The number of amides is 1. The Morgan fingerprint density at radius 2 is 1.88 bits per heavy atom. The number of carbonyl (C=O) groups excluding carboxylic acids is 2. The SMILES string of the molecule is COC(=O)c1sc2ccccc2c1NC(=O)CN1CCCCCC1. The van der Waals surface area contributed by atoms with Gasteiger partial charge in [0.2, 0.25) is 5.91 Å². The number of ether oxygens (including phenoxy) is 1. The molecule has 1 amide bonds. The number of anilines is 1. The number of carbonyl (C=O) groups is 2. The second-order valence-corrected chi connectivity index (χ2v) is 7.08. The molecule has 1 aromatic carbocycles. The predicted octanol–water partition coefficient (Wildman–Crippen LogP) is 3.50. The van der Waals surface area contributed by atoms with Crippen molar-refractivity contribution in [2.75, 3.05) is 32.1 Å². The van der Waals surface area contributed by atoms with Crippen LogP contribution in [0.3, 0.4) is 0 Å². The van der Waals surface area contributed by atoms with Crippen molar-refractivity contribution in [2.24, 2.45) is 0 Å². The maximum absolute atomic E-state index is 12.5. The second-order valence-electron chi connectivity index (χ2n) is 6.03. The summed E-state index contributed by atoms with van der Waals surface area (Å²) >= 11 is 1.35. The number of nitrogens with one attached hydrogen (secondary N) is 1. The van der Waals surface area contributed by atoms with Gasteiger partial charge in [-0.15, -0.1) is 11.3 Å². The molecule has 0 atom stereocenters. The molecule has 0 bridgehead atoms. The van der Waals surface area contributed by atoms with E-state index in [1.165, 1.54) is 31.3 Å². The lowest BCUT2D eigenvalue weighted by Crippen LogP contribution is -2.34. The summed E-state index contributed by atoms with van der Waals surface area (Å²) in [5.74, 6) is -0.494. The van der Waals surface area contributed by atoms with Crippen molar-refractivity contribution in [3.63, 3.8) is 0 Å². The van der Waals surface area contributed by atoms with Crippen LogP contribution in [0.15, 0.2) is 24.3 Å². The molecule has 2 aromatic rings. The summed E-state index contributed by atoms with van der Waals surface area (Å²) in [7, 11) is 1.36. The summed E-state index contributed by atoms with van der Waals surface area (Å²) in [5, 5.41) is 3.83. The number of likely N-dealkylation sites (tertiary alicyclic amines) is 1. The highest BCUT2D eigenvalue weighted by Crippen LogP contribution is 2.36. The van der Waals surface area contributed by atoms with E-state index >= 15 is 0 Å². The highest BCUT2D eigenvalue weighted by molar-refractivity contribution is 7.21. The Bertz CT molecular complexity index is 733. The van der Waals surface area contributed by atoms with Crippen molar-refractivity contribution in [2.45, 2.75) is 25.7 Å². The van der Waals surface area contributed by atoms with E-state index in [-0.39, 0.29) is 5.91 Å². The molecular formula is C18H22N2O3S. The molecule has 1 saturated heterocycles. The van der Waals surface area contributed by atoms with Gasteiger partial charge in [-0.2, -0.15) is 0 Å². The standard InChI is InChI=1S/C18H22N2O3S/c1-23-18(22)17-16(13-8-4-5-9-14(13)24-17)19-15(21)12-20-10-6-2-3-7-11-20/h4-5,8-9H,2-3,6-7,10-12H2,1H3,(H,19,21). The van der Waals surface area contributed by atoms with Gasteiger partial charge >= 0.3 is 5.97 Å². The van der Waals surface area contributed by atoms with Gasteiger partial charge in [0.25, 0.3) is 0 Å². The summed E-state index contributed by atoms with van der Waals surface area (Å²) in [6.45, 7) is 2.29. The van der Waals surface area contributed by atoms with Crippen LogP contribution in [-0.4, -0.2) is 43.5 Å². The van der Waals surface area contributed by atoms with Crippen LogP contribution >= 0.6 is 11.3 Å². The van der Waals surface area contributed by atoms with E-state index in [0.717, 1.165) is 36.0 Å². The van der Waals surface area contributed by atoms with Gasteiger partial charge in [-0.25, -0.2) is 4.79 Å². The minimum absolute atomic E-state index is 0.0781. The minimum Gasteiger partial charge on any atom is -0.465 e. The molecule has 1 N–H and O–H groups in total. The third-order valence-corrected chi connectivity index (χ3v) is 5.45. The fraction of sp³-hybridized carbons (Fsp3) is 0.444. The molecule has 0 unspecified atom stereocenters. The maximum Gasteiger partial charge on any atom is 0.350 e. The van der Waals surface area contributed by atoms with Crippen molar-refractivity contribution in [1.29, 1.82) is 0 Å². The van der Waals surface area contributed by atoms with Gasteiger partial charge < -0.3 is 10.1 Å². The Hall–Kier alpha value is -1.92. The van der Waals surface area contributed by atoms with E-state index in [0.29, 0.717) is 17.1 Å². The Labute approximate surface area is 145 Å². The number of rotatable bonds is 4. The van der Waals surface area contributed by atoms with Crippen molar-refractivity contribution < 1.29 is 14.3 Å². The maximum atomic E-state index is 12.5. The minimum atomic E-state index is -0.415. The zero-order valence-electron chi connectivity index (χ0n) is 13.8. The molecular weight excluding hydrogens is 324 g/mol. The van der Waals surface area contributed by atoms with E-state index in [1.54, 1.807) is 0 Å². The van der Waals surface area contributed by atoms with Gasteiger partial charge in [-0.3, -0.25) is 9.69 Å². The Morgan fingerprint density at radius 3 is 2.58 bits per heavy atom. The lowest BCUT2D eigenvalue weighted by Gasteiger charge is -2.19. The molecule has 0 radical (unpaired) electrons. The van der Waals surface area contributed by atoms with E-state index in [9.17, 15) is 9.59 Å². The number of methoxy groups -OCH3 is 1. The molecule has 0 aliphatic carbocycles. The van der Waals surface area contributed by atoms with Crippen LogP contribution in [0.4, 0.5) is 5.69 Å². The van der Waals surface area contributed by atoms with E-state index < -0.39 is 5.97 Å². The van der Waals surface area contributed by atoms with E-state index in [2.05, 4.69) is 10.2 Å². The summed E-state index contributed by atoms with van der Waals surface area (Å²) in [4.78, 5) is 27.2. The summed E-state index contributed by atoms with van der Waals surface area (Å²) in [5.41, 5.74) is 0.572. The van der Waals surface area contributed by atoms with Crippen LogP contribution in [-0.2, 0) is 9.53 Å². The molecule has 1 aliphatic heterocycles. The molecule has 6 heteroatoms. The molecule has 0 spiro atoms. The predicted molar refractivity (Wildman–Crippen MR) is 96.7 cm³/mol. The Kier molecular flexibility index (Phi) is 5.48. The molecule has 3 rings (SSSR count). The normalized spacial score (nSPS) is 15.9. The lowest BCUT2D eigenvalue weighted by atomic mass is 10.2. The number of thiophene rings is 1. The first kappa shape index (κ1) is 16.9. The smallest absolute Gasteiger partial charge is 0.350 e. The largest absolute Gasteiger partial charge is 0.465 e. The van der Waals surface area contributed by atoms with Crippen LogP contribution in [0.25, 0.3) is 10.1 Å². The monoisotopic (exact) mass is 346 g/mol. The van der Waals surface area contributed by atoms with Crippen LogP contribution in [0.5, 0.6) is 0 Å². The first-order chi connectivity index (χ1) is 11.7. The van der Waals surface area contributed by atoms with Crippen LogP contribution in [0.2, 0.25) is 0 Å². The lowest BCUT2D eigenvalue weighted by molar-refractivity contribution is -0.117. The molecule has 0 saturated carbocycles. The van der Waals surface area contributed by atoms with Crippen LogP contribution in [0.1, 0.15) is 35.4 Å². The van der Waals surface area contributed by atoms with Crippen molar-refractivity contribution in [3.8, 4) is 0 Å². The Morgan fingerprint density at radius 1 is 1.17 bits per heavy atom. The third-order valence-electron chi connectivity index (χ3n) is 4.30. The van der Waals surface area contributed by atoms with Crippen LogP contribution < -0.4 is 5.32 Å². The molecule has 5 nitrogen and oxygen atoms in total. The summed E-state index contributed by atoms with van der Waals surface area (Å²) in [6.07, 6.45) is 4.75. The zero-order chi connectivity index (χ0) is 16.9. The third kappa shape index (κ3) is 3.76. The first-order valence-electron chi connectivity index (χ1n) is 8.31. The number of fused-ring (bicyclic) bond motifs is 1. The fourth-order valence-electron chi connectivity index (χ4n) is 3.08. The molecule has 2 heterocycles. The fourth-order valence-corrected chi connectivity index (χ4v) is 4.16. The summed E-state index contributed by atoms with van der Waals surface area (Å²) in [6, 6.07) is 7.68. The van der Waals surface area contributed by atoms with Gasteiger partial charge in [-0.05, 0) is 32.0 Å². The summed E-state index contributed by atoms with van der Waals surface area (Å²) < 4.78 is 5.83. The van der Waals surface area contributed by atoms with Crippen LogP contribution in [0, 0.1) is 0 Å². The average molecular weight is 346 g/mol. The average Bonchev–Trinajstić information content (AvgIpc) is 2.76. The van der Waals surface area contributed by atoms with Crippen molar-refractivity contribution in [3.05, 3.63) is 29.1 Å². The van der Waals surface area contributed by atoms with E-state index in [4.69, 9.17) is 4.74 Å². The van der Waals surface area contributed by atoms with Gasteiger partial charge in [0.05, 0.1) is 19.3 Å². The second kappa shape index (κ2) is 7.77. The first-order valence-corrected chi connectivity index (χ1v) is 9.12. The quantitative estimate of drug-likeness (QED) is 0.861. The number of nitrogens with zero attached hydrogens (tertiary/aromatic N) is 1. The zero-order valence-corrected chi connectivity index (χ0v) is 14.7. The number of hydrogen-bond donors (Lipinski definition) is 1. The topological polar surface area (TPSA) is 58.6 Å². The van der Waals surface area contributed by atoms with Gasteiger partial charge in [0.1, 0.15) is 4.88 Å². The van der Waals surface area contributed by atoms with Gasteiger partial charge in [0.15, 0.2) is 0 Å². The number of hydrogen-bond acceptors (Lipinski definition) is 5. The highest BCUT2D eigenvalue weighted by Gasteiger charge is 2.21. The van der Waals surface area contributed by atoms with Crippen molar-refractivity contribution in [1.82, 2.24) is 4.90 Å². The molecule has 1 aliphatic rings. The molecule has 128 valence electrons.